The van der Waals surface area contributed by atoms with Crippen molar-refractivity contribution in [2.24, 2.45) is 0 Å². The molecule has 2 aromatic carbocycles. The highest BCUT2D eigenvalue weighted by Gasteiger charge is 1.97. The minimum Gasteiger partial charge on any atom is -0.0871 e. The monoisotopic (exact) mass is 222 g/mol. The van der Waals surface area contributed by atoms with E-state index in [9.17, 15) is 0 Å². The van der Waals surface area contributed by atoms with Gasteiger partial charge in [-0.15, -0.1) is 0 Å². The normalized spacial score (nSPS) is 10.9. The highest BCUT2D eigenvalue weighted by atomic mass is 14.0. The smallest absolute Gasteiger partial charge is 0.0184 e. The van der Waals surface area contributed by atoms with Gasteiger partial charge in [0.15, 0.2) is 0 Å². The van der Waals surface area contributed by atoms with Crippen molar-refractivity contribution in [1.82, 2.24) is 0 Å². The van der Waals surface area contributed by atoms with Gasteiger partial charge in [-0.3, -0.25) is 0 Å². The van der Waals surface area contributed by atoms with E-state index < -0.39 is 0 Å². The molecule has 0 N–H and O–H groups in total. The Bertz CT molecular complexity index is 487. The standard InChI is InChI=1S/C17H18/c1-3-5-15-8-12-17(13-9-15)16-10-6-14(4-2)7-11-16/h3,5-13H,4H2,1-2H3. The minimum atomic E-state index is 1.10. The third-order valence-electron chi connectivity index (χ3n) is 2.97. The van der Waals surface area contributed by atoms with Crippen molar-refractivity contribution < 1.29 is 0 Å². The number of allylic oxidation sites excluding steroid dienone is 1. The van der Waals surface area contributed by atoms with E-state index in [1.54, 1.807) is 0 Å². The lowest BCUT2D eigenvalue weighted by Gasteiger charge is -2.03. The third kappa shape index (κ3) is 2.85. The molecule has 17 heavy (non-hydrogen) atoms. The first-order valence-corrected chi connectivity index (χ1v) is 6.15. The Hall–Kier alpha value is -1.82. The van der Waals surface area contributed by atoms with E-state index in [2.05, 4.69) is 67.6 Å². The molecule has 0 heterocycles. The lowest BCUT2D eigenvalue weighted by atomic mass is 10.0. The maximum absolute atomic E-state index is 2.20. The SMILES string of the molecule is CC=Cc1ccc(-c2ccc(CC)cc2)cc1. The second-order valence-corrected chi connectivity index (χ2v) is 4.17. The van der Waals surface area contributed by atoms with Crippen LogP contribution in [0.1, 0.15) is 25.0 Å². The van der Waals surface area contributed by atoms with Gasteiger partial charge in [0.2, 0.25) is 0 Å². The van der Waals surface area contributed by atoms with Crippen LogP contribution in [-0.4, -0.2) is 0 Å². The summed E-state index contributed by atoms with van der Waals surface area (Å²) in [6, 6.07) is 17.5. The number of benzene rings is 2. The molecular formula is C17H18. The van der Waals surface area contributed by atoms with E-state index in [-0.39, 0.29) is 0 Å². The molecule has 0 saturated heterocycles. The van der Waals surface area contributed by atoms with E-state index in [1.165, 1.54) is 22.3 Å². The minimum absolute atomic E-state index is 1.10. The van der Waals surface area contributed by atoms with Crippen LogP contribution in [0.15, 0.2) is 54.6 Å². The number of rotatable bonds is 3. The average molecular weight is 222 g/mol. The molecule has 0 spiro atoms. The molecule has 0 unspecified atom stereocenters. The lowest BCUT2D eigenvalue weighted by Crippen LogP contribution is -1.81. The van der Waals surface area contributed by atoms with Gasteiger partial charge in [-0.2, -0.15) is 0 Å². The highest BCUT2D eigenvalue weighted by Crippen LogP contribution is 2.20. The van der Waals surface area contributed by atoms with Gasteiger partial charge < -0.3 is 0 Å². The lowest BCUT2D eigenvalue weighted by molar-refractivity contribution is 1.14. The van der Waals surface area contributed by atoms with Crippen molar-refractivity contribution in [3.63, 3.8) is 0 Å². The summed E-state index contributed by atoms with van der Waals surface area (Å²) in [7, 11) is 0. The molecule has 0 aromatic heterocycles. The van der Waals surface area contributed by atoms with Crippen LogP contribution < -0.4 is 0 Å². The molecule has 0 amide bonds. The first kappa shape index (κ1) is 11.7. The van der Waals surface area contributed by atoms with Crippen molar-refractivity contribution >= 4 is 6.08 Å². The topological polar surface area (TPSA) is 0 Å². The molecule has 0 heteroatoms. The zero-order valence-corrected chi connectivity index (χ0v) is 10.5. The first-order chi connectivity index (χ1) is 8.33. The molecular weight excluding hydrogens is 204 g/mol. The Balaban J connectivity index is 2.26. The Labute approximate surface area is 104 Å². The molecule has 2 rings (SSSR count). The number of hydrogen-bond donors (Lipinski definition) is 0. The van der Waals surface area contributed by atoms with Crippen molar-refractivity contribution in [1.29, 1.82) is 0 Å². The molecule has 0 saturated carbocycles. The van der Waals surface area contributed by atoms with Gasteiger partial charge in [0.25, 0.3) is 0 Å². The van der Waals surface area contributed by atoms with E-state index in [0.717, 1.165) is 6.42 Å². The van der Waals surface area contributed by atoms with Crippen LogP contribution in [0.25, 0.3) is 17.2 Å². The van der Waals surface area contributed by atoms with Crippen LogP contribution in [-0.2, 0) is 6.42 Å². The molecule has 0 atom stereocenters. The van der Waals surface area contributed by atoms with Gasteiger partial charge in [-0.1, -0.05) is 67.6 Å². The fraction of sp³-hybridized carbons (Fsp3) is 0.176. The van der Waals surface area contributed by atoms with Crippen LogP contribution in [0.2, 0.25) is 0 Å². The summed E-state index contributed by atoms with van der Waals surface area (Å²) in [5.41, 5.74) is 5.20. The van der Waals surface area contributed by atoms with Crippen LogP contribution >= 0.6 is 0 Å². The Morgan fingerprint density at radius 1 is 0.824 bits per heavy atom. The van der Waals surface area contributed by atoms with Crippen molar-refractivity contribution in [2.45, 2.75) is 20.3 Å². The average Bonchev–Trinajstić information content (AvgIpc) is 2.40. The summed E-state index contributed by atoms with van der Waals surface area (Å²) in [6.07, 6.45) is 5.27. The van der Waals surface area contributed by atoms with Gasteiger partial charge in [0, 0.05) is 0 Å². The summed E-state index contributed by atoms with van der Waals surface area (Å²) < 4.78 is 0. The molecule has 2 aromatic rings. The van der Waals surface area contributed by atoms with E-state index >= 15 is 0 Å². The van der Waals surface area contributed by atoms with E-state index in [0.29, 0.717) is 0 Å². The van der Waals surface area contributed by atoms with Crippen LogP contribution in [0.4, 0.5) is 0 Å². The highest BCUT2D eigenvalue weighted by molar-refractivity contribution is 5.65. The van der Waals surface area contributed by atoms with Crippen molar-refractivity contribution in [3.8, 4) is 11.1 Å². The summed E-state index contributed by atoms with van der Waals surface area (Å²) in [5.74, 6) is 0. The van der Waals surface area contributed by atoms with Crippen LogP contribution in [0.5, 0.6) is 0 Å². The van der Waals surface area contributed by atoms with Crippen molar-refractivity contribution in [2.75, 3.05) is 0 Å². The molecule has 0 aliphatic carbocycles. The summed E-state index contributed by atoms with van der Waals surface area (Å²) in [6.45, 7) is 4.22. The molecule has 0 radical (unpaired) electrons. The zero-order chi connectivity index (χ0) is 12.1. The van der Waals surface area contributed by atoms with Crippen LogP contribution in [0, 0.1) is 0 Å². The largest absolute Gasteiger partial charge is 0.0871 e. The van der Waals surface area contributed by atoms with E-state index in [4.69, 9.17) is 0 Å². The maximum atomic E-state index is 2.20. The van der Waals surface area contributed by atoms with Gasteiger partial charge >= 0.3 is 0 Å². The predicted octanol–water partition coefficient (Wildman–Crippen LogP) is 4.95. The van der Waals surface area contributed by atoms with Crippen LogP contribution in [0.3, 0.4) is 0 Å². The first-order valence-electron chi connectivity index (χ1n) is 6.15. The molecule has 0 nitrogen and oxygen atoms in total. The Kier molecular flexibility index (Phi) is 3.77. The third-order valence-corrected chi connectivity index (χ3v) is 2.97. The molecule has 0 aliphatic rings. The Morgan fingerprint density at radius 3 is 1.82 bits per heavy atom. The fourth-order valence-electron chi connectivity index (χ4n) is 1.91. The summed E-state index contributed by atoms with van der Waals surface area (Å²) in [4.78, 5) is 0. The van der Waals surface area contributed by atoms with Gasteiger partial charge in [0.1, 0.15) is 0 Å². The fourth-order valence-corrected chi connectivity index (χ4v) is 1.91. The second-order valence-electron chi connectivity index (χ2n) is 4.17. The second kappa shape index (κ2) is 5.49. The molecule has 86 valence electrons. The summed E-state index contributed by atoms with van der Waals surface area (Å²) in [5, 5.41) is 0. The Morgan fingerprint density at radius 2 is 1.35 bits per heavy atom. The molecule has 0 fully saturated rings. The van der Waals surface area contributed by atoms with Crippen molar-refractivity contribution in [3.05, 3.63) is 65.7 Å². The predicted molar refractivity (Wildman–Crippen MR) is 76.0 cm³/mol. The van der Waals surface area contributed by atoms with Gasteiger partial charge in [0.05, 0.1) is 0 Å². The van der Waals surface area contributed by atoms with E-state index in [1.807, 2.05) is 6.92 Å². The quantitative estimate of drug-likeness (QED) is 0.689. The van der Waals surface area contributed by atoms with Gasteiger partial charge in [-0.25, -0.2) is 0 Å². The maximum Gasteiger partial charge on any atom is -0.0184 e. The van der Waals surface area contributed by atoms with Gasteiger partial charge in [-0.05, 0) is 35.6 Å². The summed E-state index contributed by atoms with van der Waals surface area (Å²) >= 11 is 0. The number of hydrogen-bond acceptors (Lipinski definition) is 0. The molecule has 0 aliphatic heterocycles. The molecule has 0 bridgehead atoms. The zero-order valence-electron chi connectivity index (χ0n) is 10.5. The number of aryl methyl sites for hydroxylation is 1.